The molecule has 1 amide bonds. The summed E-state index contributed by atoms with van der Waals surface area (Å²) in [5.41, 5.74) is 0.747. The SMILES string of the molecule is CO[C@@H]1c2ccccc2O[C@H](C(CC(=O)N2CCC[C@H]2CO)[Si](C)(C)O)[C@H]1C. The molecule has 2 heterocycles. The van der Waals surface area contributed by atoms with Gasteiger partial charge in [0, 0.05) is 37.1 Å². The van der Waals surface area contributed by atoms with Gasteiger partial charge in [-0.25, -0.2) is 0 Å². The predicted molar refractivity (Wildman–Crippen MR) is 110 cm³/mol. The van der Waals surface area contributed by atoms with Gasteiger partial charge in [0.1, 0.15) is 11.9 Å². The molecule has 3 rings (SSSR count). The highest BCUT2D eigenvalue weighted by atomic mass is 28.4. The largest absolute Gasteiger partial charge is 0.490 e. The normalized spacial score (nSPS) is 28.6. The number of amides is 1. The fourth-order valence-corrected chi connectivity index (χ4v) is 6.60. The molecule has 0 aliphatic carbocycles. The van der Waals surface area contributed by atoms with Crippen LogP contribution in [0.1, 0.15) is 37.9 Å². The number of carbonyl (C=O) groups excluding carboxylic acids is 1. The number of methoxy groups -OCH3 is 1. The molecule has 2 aliphatic rings. The van der Waals surface area contributed by atoms with Gasteiger partial charge in [-0.1, -0.05) is 25.1 Å². The lowest BCUT2D eigenvalue weighted by Crippen LogP contribution is -2.50. The summed E-state index contributed by atoms with van der Waals surface area (Å²) < 4.78 is 12.1. The molecule has 156 valence electrons. The number of aliphatic hydroxyl groups excluding tert-OH is 1. The van der Waals surface area contributed by atoms with Gasteiger partial charge in [0.2, 0.25) is 5.91 Å². The van der Waals surface area contributed by atoms with E-state index in [2.05, 4.69) is 6.92 Å². The van der Waals surface area contributed by atoms with Gasteiger partial charge in [-0.2, -0.15) is 0 Å². The highest BCUT2D eigenvalue weighted by Crippen LogP contribution is 2.46. The van der Waals surface area contributed by atoms with Gasteiger partial charge >= 0.3 is 0 Å². The monoisotopic (exact) mass is 407 g/mol. The van der Waals surface area contributed by atoms with Crippen LogP contribution in [-0.2, 0) is 9.53 Å². The third kappa shape index (κ3) is 4.12. The Morgan fingerprint density at radius 1 is 1.39 bits per heavy atom. The highest BCUT2D eigenvalue weighted by molar-refractivity contribution is 6.71. The first-order valence-electron chi connectivity index (χ1n) is 10.2. The standard InChI is InChI=1S/C21H33NO5Si/c1-14-20(26-2)16-9-5-6-10-17(16)27-21(14)18(28(3,4)25)12-19(24)22-11-7-8-15(22)13-23/h5-6,9-10,14-15,18,20-21,23,25H,7-8,11-13H2,1-4H3/t14-,15-,18?,20-,21-/m0/s1. The summed E-state index contributed by atoms with van der Waals surface area (Å²) in [6, 6.07) is 7.72. The minimum absolute atomic E-state index is 0.000185. The van der Waals surface area contributed by atoms with Crippen LogP contribution in [0.25, 0.3) is 0 Å². The van der Waals surface area contributed by atoms with Crippen molar-refractivity contribution in [1.29, 1.82) is 0 Å². The zero-order chi connectivity index (χ0) is 20.5. The molecule has 6 nitrogen and oxygen atoms in total. The molecule has 1 unspecified atom stereocenters. The Bertz CT molecular complexity index is 692. The number of hydrogen-bond acceptors (Lipinski definition) is 5. The molecule has 0 saturated carbocycles. The molecule has 0 aromatic heterocycles. The van der Waals surface area contributed by atoms with Crippen molar-refractivity contribution >= 4 is 14.2 Å². The predicted octanol–water partition coefficient (Wildman–Crippen LogP) is 2.71. The van der Waals surface area contributed by atoms with Crippen LogP contribution in [0, 0.1) is 5.92 Å². The Balaban J connectivity index is 1.87. The second-order valence-electron chi connectivity index (χ2n) is 8.67. The highest BCUT2D eigenvalue weighted by Gasteiger charge is 2.47. The number of nitrogens with zero attached hydrogens (tertiary/aromatic N) is 1. The Morgan fingerprint density at radius 2 is 2.11 bits per heavy atom. The van der Waals surface area contributed by atoms with Crippen LogP contribution in [0.3, 0.4) is 0 Å². The molecule has 1 aromatic rings. The molecule has 1 fully saturated rings. The van der Waals surface area contributed by atoms with E-state index in [1.54, 1.807) is 12.0 Å². The molecule has 0 spiro atoms. The first-order chi connectivity index (χ1) is 13.3. The topological polar surface area (TPSA) is 79.2 Å². The Hall–Kier alpha value is -1.41. The number of aliphatic hydroxyl groups is 1. The van der Waals surface area contributed by atoms with Crippen LogP contribution in [0.15, 0.2) is 24.3 Å². The van der Waals surface area contributed by atoms with Gasteiger partial charge in [0.15, 0.2) is 8.32 Å². The lowest BCUT2D eigenvalue weighted by molar-refractivity contribution is -0.133. The summed E-state index contributed by atoms with van der Waals surface area (Å²) in [6.07, 6.45) is 1.55. The lowest BCUT2D eigenvalue weighted by Gasteiger charge is -2.44. The van der Waals surface area contributed by atoms with E-state index < -0.39 is 8.32 Å². The quantitative estimate of drug-likeness (QED) is 0.709. The smallest absolute Gasteiger partial charge is 0.223 e. The van der Waals surface area contributed by atoms with E-state index in [0.717, 1.165) is 24.2 Å². The molecule has 2 N–H and O–H groups in total. The number of para-hydroxylation sites is 1. The summed E-state index contributed by atoms with van der Waals surface area (Å²) in [6.45, 7) is 6.48. The maximum absolute atomic E-state index is 13.1. The Labute approximate surface area is 168 Å². The minimum Gasteiger partial charge on any atom is -0.490 e. The molecule has 0 radical (unpaired) electrons. The van der Waals surface area contributed by atoms with Crippen molar-refractivity contribution in [2.45, 2.75) is 63.1 Å². The first kappa shape index (κ1) is 21.3. The average Bonchev–Trinajstić information content (AvgIpc) is 3.14. The molecular weight excluding hydrogens is 374 g/mol. The molecule has 1 aromatic carbocycles. The number of fused-ring (bicyclic) bond motifs is 1. The lowest BCUT2D eigenvalue weighted by atomic mass is 9.86. The summed E-state index contributed by atoms with van der Waals surface area (Å²) in [7, 11) is -1.02. The number of rotatable bonds is 6. The van der Waals surface area contributed by atoms with Gasteiger partial charge < -0.3 is 24.3 Å². The third-order valence-electron chi connectivity index (χ3n) is 6.35. The fourth-order valence-electron chi connectivity index (χ4n) is 4.75. The zero-order valence-electron chi connectivity index (χ0n) is 17.3. The fraction of sp³-hybridized carbons (Fsp3) is 0.667. The molecule has 2 aliphatic heterocycles. The molecule has 0 bridgehead atoms. The first-order valence-corrected chi connectivity index (χ1v) is 13.2. The molecule has 7 heteroatoms. The van der Waals surface area contributed by atoms with E-state index in [0.29, 0.717) is 6.54 Å². The number of likely N-dealkylation sites (tertiary alicyclic amines) is 1. The van der Waals surface area contributed by atoms with Crippen LogP contribution in [0.4, 0.5) is 0 Å². The van der Waals surface area contributed by atoms with Crippen molar-refractivity contribution in [2.24, 2.45) is 5.92 Å². The van der Waals surface area contributed by atoms with E-state index >= 15 is 0 Å². The Morgan fingerprint density at radius 3 is 2.75 bits per heavy atom. The number of benzene rings is 1. The van der Waals surface area contributed by atoms with Gasteiger partial charge in [-0.15, -0.1) is 0 Å². The van der Waals surface area contributed by atoms with Crippen molar-refractivity contribution in [1.82, 2.24) is 4.90 Å². The van der Waals surface area contributed by atoms with E-state index in [1.807, 2.05) is 37.4 Å². The molecule has 28 heavy (non-hydrogen) atoms. The summed E-state index contributed by atoms with van der Waals surface area (Å²) >= 11 is 0. The van der Waals surface area contributed by atoms with Crippen molar-refractivity contribution in [3.05, 3.63) is 29.8 Å². The number of carbonyl (C=O) groups is 1. The summed E-state index contributed by atoms with van der Waals surface area (Å²) in [5.74, 6) is 0.770. The maximum Gasteiger partial charge on any atom is 0.223 e. The van der Waals surface area contributed by atoms with Gasteiger partial charge in [-0.3, -0.25) is 4.79 Å². The van der Waals surface area contributed by atoms with Crippen LogP contribution in [0.2, 0.25) is 18.6 Å². The van der Waals surface area contributed by atoms with Crippen molar-refractivity contribution in [3.8, 4) is 5.75 Å². The summed E-state index contributed by atoms with van der Waals surface area (Å²) in [5, 5.41) is 9.57. The maximum atomic E-state index is 13.1. The number of hydrogen-bond donors (Lipinski definition) is 2. The van der Waals surface area contributed by atoms with Crippen LogP contribution in [0.5, 0.6) is 5.75 Å². The third-order valence-corrected chi connectivity index (χ3v) is 8.69. The molecule has 5 atom stereocenters. The second-order valence-corrected chi connectivity index (χ2v) is 12.7. The van der Waals surface area contributed by atoms with Crippen molar-refractivity contribution < 1.29 is 24.2 Å². The van der Waals surface area contributed by atoms with E-state index in [9.17, 15) is 14.7 Å². The zero-order valence-corrected chi connectivity index (χ0v) is 18.3. The summed E-state index contributed by atoms with van der Waals surface area (Å²) in [4.78, 5) is 25.9. The van der Waals surface area contributed by atoms with E-state index in [1.165, 1.54) is 0 Å². The van der Waals surface area contributed by atoms with Crippen molar-refractivity contribution in [2.75, 3.05) is 20.3 Å². The second kappa shape index (κ2) is 8.53. The molecule has 1 saturated heterocycles. The van der Waals surface area contributed by atoms with Crippen molar-refractivity contribution in [3.63, 3.8) is 0 Å². The van der Waals surface area contributed by atoms with Gasteiger partial charge in [-0.05, 0) is 32.0 Å². The van der Waals surface area contributed by atoms with E-state index in [4.69, 9.17) is 9.47 Å². The average molecular weight is 408 g/mol. The minimum atomic E-state index is -2.72. The van der Waals surface area contributed by atoms with Gasteiger partial charge in [0.05, 0.1) is 18.8 Å². The molecular formula is C21H33NO5Si. The van der Waals surface area contributed by atoms with Gasteiger partial charge in [0.25, 0.3) is 0 Å². The Kier molecular flexibility index (Phi) is 6.49. The van der Waals surface area contributed by atoms with Crippen LogP contribution in [-0.4, -0.2) is 61.4 Å². The van der Waals surface area contributed by atoms with Crippen LogP contribution < -0.4 is 4.74 Å². The van der Waals surface area contributed by atoms with E-state index in [-0.39, 0.29) is 48.6 Å². The van der Waals surface area contributed by atoms with Crippen LogP contribution >= 0.6 is 0 Å². The number of ether oxygens (including phenoxy) is 2.